The van der Waals surface area contributed by atoms with Gasteiger partial charge in [0.05, 0.1) is 20.9 Å². The molecule has 0 saturated carbocycles. The normalized spacial score (nSPS) is 11.0. The average molecular weight is 337 g/mol. The second kappa shape index (κ2) is 5.60. The van der Waals surface area contributed by atoms with Gasteiger partial charge in [-0.25, -0.2) is 4.98 Å². The Hall–Kier alpha value is -1.69. The average Bonchev–Trinajstić information content (AvgIpc) is 2.42. The van der Waals surface area contributed by atoms with Crippen molar-refractivity contribution < 1.29 is 0 Å². The molecule has 0 aliphatic rings. The Balaban J connectivity index is 2.10. The molecule has 3 rings (SSSR count). The largest absolute Gasteiger partial charge is 0.383 e. The van der Waals surface area contributed by atoms with Gasteiger partial charge in [-0.15, -0.1) is 0 Å². The highest BCUT2D eigenvalue weighted by Crippen LogP contribution is 2.37. The summed E-state index contributed by atoms with van der Waals surface area (Å²) in [6.07, 6.45) is 0. The maximum Gasteiger partial charge on any atom is 0.222 e. The number of hydrogen-bond acceptors (Lipinski definition) is 5. The van der Waals surface area contributed by atoms with Gasteiger partial charge in [-0.1, -0.05) is 41.0 Å². The highest BCUT2D eigenvalue weighted by Gasteiger charge is 2.10. The van der Waals surface area contributed by atoms with E-state index in [0.29, 0.717) is 21.4 Å². The van der Waals surface area contributed by atoms with E-state index in [4.69, 9.17) is 34.7 Å². The Bertz CT molecular complexity index is 839. The van der Waals surface area contributed by atoms with Crippen molar-refractivity contribution in [1.82, 2.24) is 9.97 Å². The SMILES string of the molecule is Nc1nc(N)c2c(Sc3ccc(Cl)c(Cl)c3)cccc2n1. The lowest BCUT2D eigenvalue weighted by atomic mass is 10.2. The standard InChI is InChI=1S/C14H10Cl2N4S/c15-8-5-4-7(6-9(8)16)21-11-3-1-2-10-12(11)13(17)20-14(18)19-10/h1-6H,(H4,17,18,19,20). The van der Waals surface area contributed by atoms with Gasteiger partial charge in [0.15, 0.2) is 0 Å². The van der Waals surface area contributed by atoms with Crippen molar-refractivity contribution in [3.63, 3.8) is 0 Å². The molecule has 0 spiro atoms. The van der Waals surface area contributed by atoms with Gasteiger partial charge in [0.2, 0.25) is 5.95 Å². The first-order valence-electron chi connectivity index (χ1n) is 5.99. The maximum absolute atomic E-state index is 6.04. The van der Waals surface area contributed by atoms with Crippen LogP contribution in [0.25, 0.3) is 10.9 Å². The van der Waals surface area contributed by atoms with Crippen LogP contribution in [0.1, 0.15) is 0 Å². The van der Waals surface area contributed by atoms with Gasteiger partial charge in [-0.3, -0.25) is 0 Å². The predicted octanol–water partition coefficient (Wildman–Crippen LogP) is 4.25. The van der Waals surface area contributed by atoms with E-state index in [2.05, 4.69) is 9.97 Å². The summed E-state index contributed by atoms with van der Waals surface area (Å²) in [4.78, 5) is 10.1. The Morgan fingerprint density at radius 1 is 0.952 bits per heavy atom. The van der Waals surface area contributed by atoms with Gasteiger partial charge in [0.1, 0.15) is 5.82 Å². The van der Waals surface area contributed by atoms with Crippen molar-refractivity contribution >= 4 is 57.6 Å². The fraction of sp³-hybridized carbons (Fsp3) is 0. The van der Waals surface area contributed by atoms with Crippen LogP contribution >= 0.6 is 35.0 Å². The zero-order valence-electron chi connectivity index (χ0n) is 10.7. The van der Waals surface area contributed by atoms with E-state index < -0.39 is 0 Å². The van der Waals surface area contributed by atoms with E-state index in [1.54, 1.807) is 6.07 Å². The fourth-order valence-corrected chi connectivity index (χ4v) is 3.34. The van der Waals surface area contributed by atoms with Gasteiger partial charge in [0.25, 0.3) is 0 Å². The summed E-state index contributed by atoms with van der Waals surface area (Å²) in [5.74, 6) is 0.525. The Labute approximate surface area is 135 Å². The van der Waals surface area contributed by atoms with Crippen LogP contribution in [-0.4, -0.2) is 9.97 Å². The van der Waals surface area contributed by atoms with Gasteiger partial charge in [0, 0.05) is 9.79 Å². The highest BCUT2D eigenvalue weighted by molar-refractivity contribution is 7.99. The van der Waals surface area contributed by atoms with Crippen LogP contribution in [0, 0.1) is 0 Å². The first-order chi connectivity index (χ1) is 10.0. The lowest BCUT2D eigenvalue weighted by Gasteiger charge is -2.09. The molecule has 0 amide bonds. The second-order valence-corrected chi connectivity index (χ2v) is 6.23. The van der Waals surface area contributed by atoms with Gasteiger partial charge < -0.3 is 11.5 Å². The predicted molar refractivity (Wildman–Crippen MR) is 88.9 cm³/mol. The number of nitrogens with zero attached hydrogens (tertiary/aromatic N) is 2. The molecule has 0 radical (unpaired) electrons. The second-order valence-electron chi connectivity index (χ2n) is 4.30. The van der Waals surface area contributed by atoms with Crippen molar-refractivity contribution in [2.45, 2.75) is 9.79 Å². The Morgan fingerprint density at radius 3 is 2.52 bits per heavy atom. The number of rotatable bonds is 2. The smallest absolute Gasteiger partial charge is 0.222 e. The number of nitrogens with two attached hydrogens (primary N) is 2. The lowest BCUT2D eigenvalue weighted by Crippen LogP contribution is -2.01. The molecule has 1 heterocycles. The van der Waals surface area contributed by atoms with Crippen molar-refractivity contribution in [3.8, 4) is 0 Å². The van der Waals surface area contributed by atoms with Gasteiger partial charge >= 0.3 is 0 Å². The van der Waals surface area contributed by atoms with Crippen molar-refractivity contribution in [1.29, 1.82) is 0 Å². The minimum Gasteiger partial charge on any atom is -0.383 e. The van der Waals surface area contributed by atoms with Crippen molar-refractivity contribution in [3.05, 3.63) is 46.4 Å². The number of nitrogen functional groups attached to an aromatic ring is 2. The monoisotopic (exact) mass is 336 g/mol. The van der Waals surface area contributed by atoms with E-state index >= 15 is 0 Å². The molecular formula is C14H10Cl2N4S. The quantitative estimate of drug-likeness (QED) is 0.731. The van der Waals surface area contributed by atoms with Gasteiger partial charge in [-0.2, -0.15) is 4.98 Å². The first-order valence-corrected chi connectivity index (χ1v) is 7.56. The molecule has 4 nitrogen and oxygen atoms in total. The molecule has 0 unspecified atom stereocenters. The van der Waals surface area contributed by atoms with E-state index in [1.807, 2.05) is 30.3 Å². The van der Waals surface area contributed by atoms with E-state index in [0.717, 1.165) is 15.2 Å². The van der Waals surface area contributed by atoms with Crippen LogP contribution in [-0.2, 0) is 0 Å². The molecule has 0 bridgehead atoms. The van der Waals surface area contributed by atoms with E-state index in [-0.39, 0.29) is 5.95 Å². The zero-order chi connectivity index (χ0) is 15.0. The van der Waals surface area contributed by atoms with Crippen molar-refractivity contribution in [2.24, 2.45) is 0 Å². The topological polar surface area (TPSA) is 77.8 Å². The molecule has 3 aromatic rings. The number of aromatic nitrogens is 2. The molecule has 4 N–H and O–H groups in total. The third-order valence-corrected chi connectivity index (χ3v) is 4.64. The number of benzene rings is 2. The molecule has 0 saturated heterocycles. The van der Waals surface area contributed by atoms with E-state index in [1.165, 1.54) is 11.8 Å². The first kappa shape index (κ1) is 14.3. The summed E-state index contributed by atoms with van der Waals surface area (Å²) in [7, 11) is 0. The van der Waals surface area contributed by atoms with Gasteiger partial charge in [-0.05, 0) is 30.3 Å². The lowest BCUT2D eigenvalue weighted by molar-refractivity contribution is 1.23. The summed E-state index contributed by atoms with van der Waals surface area (Å²) < 4.78 is 0. The molecule has 0 aliphatic carbocycles. The summed E-state index contributed by atoms with van der Waals surface area (Å²) in [5, 5.41) is 1.81. The van der Waals surface area contributed by atoms with Crippen LogP contribution in [0.4, 0.5) is 11.8 Å². The molecule has 21 heavy (non-hydrogen) atoms. The number of halogens is 2. The highest BCUT2D eigenvalue weighted by atomic mass is 35.5. The minimum absolute atomic E-state index is 0.164. The molecule has 2 aromatic carbocycles. The zero-order valence-corrected chi connectivity index (χ0v) is 13.0. The number of anilines is 2. The number of fused-ring (bicyclic) bond motifs is 1. The van der Waals surface area contributed by atoms with Crippen LogP contribution in [0.3, 0.4) is 0 Å². The molecule has 0 fully saturated rings. The Morgan fingerprint density at radius 2 is 1.76 bits per heavy atom. The summed E-state index contributed by atoms with van der Waals surface area (Å²) >= 11 is 13.5. The molecule has 0 atom stereocenters. The Kier molecular flexibility index (Phi) is 3.80. The summed E-state index contributed by atoms with van der Waals surface area (Å²) in [6.45, 7) is 0. The summed E-state index contributed by atoms with van der Waals surface area (Å²) in [6, 6.07) is 11.2. The van der Waals surface area contributed by atoms with E-state index in [9.17, 15) is 0 Å². The summed E-state index contributed by atoms with van der Waals surface area (Å²) in [5.41, 5.74) is 12.3. The van der Waals surface area contributed by atoms with Crippen molar-refractivity contribution in [2.75, 3.05) is 11.5 Å². The van der Waals surface area contributed by atoms with Crippen LogP contribution in [0.5, 0.6) is 0 Å². The van der Waals surface area contributed by atoms with Crippen LogP contribution in [0.2, 0.25) is 10.0 Å². The molecular weight excluding hydrogens is 327 g/mol. The molecule has 1 aromatic heterocycles. The minimum atomic E-state index is 0.164. The maximum atomic E-state index is 6.04. The molecule has 0 aliphatic heterocycles. The third-order valence-electron chi connectivity index (χ3n) is 2.85. The fourth-order valence-electron chi connectivity index (χ4n) is 1.95. The van der Waals surface area contributed by atoms with Crippen LogP contribution in [0.15, 0.2) is 46.2 Å². The molecule has 7 heteroatoms. The molecule has 106 valence electrons. The van der Waals surface area contributed by atoms with Crippen LogP contribution < -0.4 is 11.5 Å². The number of hydrogen-bond donors (Lipinski definition) is 2. The third kappa shape index (κ3) is 2.85.